The third kappa shape index (κ3) is 5.16. The van der Waals surface area contributed by atoms with Gasteiger partial charge < -0.3 is 10.1 Å². The van der Waals surface area contributed by atoms with Crippen LogP contribution in [0.2, 0.25) is 0 Å². The normalized spacial score (nSPS) is 23.3. The van der Waals surface area contributed by atoms with Gasteiger partial charge in [-0.1, -0.05) is 38.3 Å². The van der Waals surface area contributed by atoms with Crippen LogP contribution in [0.1, 0.15) is 51.0 Å². The Balaban J connectivity index is 1.63. The summed E-state index contributed by atoms with van der Waals surface area (Å²) in [5.74, 6) is 1.95. The van der Waals surface area contributed by atoms with E-state index in [1.165, 1.54) is 44.1 Å². The van der Waals surface area contributed by atoms with E-state index in [1.807, 2.05) is 12.1 Å². The molecule has 1 N–H and O–H groups in total. The first-order chi connectivity index (χ1) is 9.78. The minimum atomic E-state index is 0.702. The van der Waals surface area contributed by atoms with E-state index in [9.17, 15) is 0 Å². The topological polar surface area (TPSA) is 21.3 Å². The molecule has 2 nitrogen and oxygen atoms in total. The lowest BCUT2D eigenvalue weighted by molar-refractivity contribution is 0.299. The summed E-state index contributed by atoms with van der Waals surface area (Å²) in [6, 6.07) is 8.98. The zero-order chi connectivity index (χ0) is 14.2. The molecule has 0 spiro atoms. The zero-order valence-electron chi connectivity index (χ0n) is 13.0. The molecule has 2 heteroatoms. The maximum atomic E-state index is 5.79. The van der Waals surface area contributed by atoms with Crippen LogP contribution in [-0.2, 0) is 0 Å². The van der Waals surface area contributed by atoms with Gasteiger partial charge in [-0.3, -0.25) is 0 Å². The molecular weight excluding hydrogens is 246 g/mol. The number of rotatable bonds is 6. The number of ether oxygens (including phenoxy) is 1. The van der Waals surface area contributed by atoms with Crippen LogP contribution in [0.15, 0.2) is 24.3 Å². The van der Waals surface area contributed by atoms with E-state index in [0.717, 1.165) is 24.8 Å². The molecule has 0 heterocycles. The van der Waals surface area contributed by atoms with Crippen molar-refractivity contribution in [2.24, 2.45) is 5.92 Å². The van der Waals surface area contributed by atoms with E-state index in [4.69, 9.17) is 4.74 Å². The van der Waals surface area contributed by atoms with Crippen molar-refractivity contribution in [2.45, 2.75) is 58.4 Å². The van der Waals surface area contributed by atoms with Crippen molar-refractivity contribution in [1.29, 1.82) is 0 Å². The molecule has 0 radical (unpaired) electrons. The first-order valence-electron chi connectivity index (χ1n) is 8.20. The fraction of sp³-hybridized carbons (Fsp3) is 0.667. The molecule has 0 aromatic heterocycles. The minimum Gasteiger partial charge on any atom is -0.492 e. The number of hydrogen-bond acceptors (Lipinski definition) is 2. The van der Waals surface area contributed by atoms with Gasteiger partial charge in [0.15, 0.2) is 0 Å². The highest BCUT2D eigenvalue weighted by atomic mass is 16.5. The molecular formula is C18H29NO. The van der Waals surface area contributed by atoms with Crippen LogP contribution in [-0.4, -0.2) is 19.2 Å². The Kier molecular flexibility index (Phi) is 6.38. The molecule has 1 aromatic carbocycles. The summed E-state index contributed by atoms with van der Waals surface area (Å²) in [5, 5.41) is 3.67. The second-order valence-electron chi connectivity index (χ2n) is 6.10. The maximum Gasteiger partial charge on any atom is 0.119 e. The summed E-state index contributed by atoms with van der Waals surface area (Å²) in [6.07, 6.45) is 8.23. The monoisotopic (exact) mass is 275 g/mol. The number of benzene rings is 1. The molecule has 0 bridgehead atoms. The largest absolute Gasteiger partial charge is 0.492 e. The predicted molar refractivity (Wildman–Crippen MR) is 85.3 cm³/mol. The summed E-state index contributed by atoms with van der Waals surface area (Å²) in [7, 11) is 0. The average Bonchev–Trinajstić information content (AvgIpc) is 2.69. The third-order valence-corrected chi connectivity index (χ3v) is 4.46. The molecule has 1 aliphatic carbocycles. The summed E-state index contributed by atoms with van der Waals surface area (Å²) < 4.78 is 5.79. The van der Waals surface area contributed by atoms with Crippen LogP contribution in [0.4, 0.5) is 0 Å². The van der Waals surface area contributed by atoms with Crippen molar-refractivity contribution in [3.63, 3.8) is 0 Å². The van der Waals surface area contributed by atoms with Crippen molar-refractivity contribution in [1.82, 2.24) is 5.32 Å². The highest BCUT2D eigenvalue weighted by molar-refractivity contribution is 5.27. The summed E-state index contributed by atoms with van der Waals surface area (Å²) in [4.78, 5) is 0. The highest BCUT2D eigenvalue weighted by Crippen LogP contribution is 2.25. The molecule has 1 fully saturated rings. The van der Waals surface area contributed by atoms with Crippen molar-refractivity contribution >= 4 is 0 Å². The lowest BCUT2D eigenvalue weighted by atomic mass is 9.98. The van der Waals surface area contributed by atoms with Crippen molar-refractivity contribution in [3.8, 4) is 5.75 Å². The Bertz CT molecular complexity index is 391. The Morgan fingerprint density at radius 2 is 2.10 bits per heavy atom. The Labute approximate surface area is 123 Å². The van der Waals surface area contributed by atoms with E-state index in [1.54, 1.807) is 0 Å². The minimum absolute atomic E-state index is 0.702. The van der Waals surface area contributed by atoms with E-state index in [0.29, 0.717) is 6.04 Å². The lowest BCUT2D eigenvalue weighted by Crippen LogP contribution is -2.32. The summed E-state index contributed by atoms with van der Waals surface area (Å²) in [5.41, 5.74) is 1.25. The molecule has 0 aliphatic heterocycles. The number of nitrogens with one attached hydrogen (secondary N) is 1. The van der Waals surface area contributed by atoms with Crippen molar-refractivity contribution < 1.29 is 4.74 Å². The van der Waals surface area contributed by atoms with Gasteiger partial charge in [-0.15, -0.1) is 0 Å². The second kappa shape index (κ2) is 8.31. The summed E-state index contributed by atoms with van der Waals surface area (Å²) >= 11 is 0. The molecule has 2 atom stereocenters. The molecule has 1 aliphatic rings. The fourth-order valence-electron chi connectivity index (χ4n) is 3.13. The molecule has 2 unspecified atom stereocenters. The molecule has 112 valence electrons. The molecule has 0 saturated heterocycles. The molecule has 20 heavy (non-hydrogen) atoms. The molecule has 2 rings (SSSR count). The first-order valence-corrected chi connectivity index (χ1v) is 8.20. The lowest BCUT2D eigenvalue weighted by Gasteiger charge is -2.17. The van der Waals surface area contributed by atoms with Crippen LogP contribution in [0.5, 0.6) is 5.75 Å². The van der Waals surface area contributed by atoms with Crippen LogP contribution < -0.4 is 10.1 Å². The quantitative estimate of drug-likeness (QED) is 0.616. The standard InChI is InChI=1S/C18H29NO/c1-3-16-7-5-8-17(11-10-16)19-12-13-20-18-9-4-6-15(2)14-18/h4,6,9,14,16-17,19H,3,5,7-8,10-13H2,1-2H3. The van der Waals surface area contributed by atoms with Crippen LogP contribution >= 0.6 is 0 Å². The number of aryl methyl sites for hydroxylation is 1. The molecule has 1 aromatic rings. The number of hydrogen-bond donors (Lipinski definition) is 1. The Morgan fingerprint density at radius 3 is 2.90 bits per heavy atom. The van der Waals surface area contributed by atoms with E-state index in [-0.39, 0.29) is 0 Å². The van der Waals surface area contributed by atoms with E-state index in [2.05, 4.69) is 31.3 Å². The predicted octanol–water partition coefficient (Wildman–Crippen LogP) is 4.32. The smallest absolute Gasteiger partial charge is 0.119 e. The second-order valence-corrected chi connectivity index (χ2v) is 6.10. The Hall–Kier alpha value is -1.02. The van der Waals surface area contributed by atoms with Crippen molar-refractivity contribution in [3.05, 3.63) is 29.8 Å². The van der Waals surface area contributed by atoms with Gasteiger partial charge >= 0.3 is 0 Å². The van der Waals surface area contributed by atoms with Gasteiger partial charge in [0, 0.05) is 12.6 Å². The van der Waals surface area contributed by atoms with Gasteiger partial charge in [0.25, 0.3) is 0 Å². The van der Waals surface area contributed by atoms with Crippen molar-refractivity contribution in [2.75, 3.05) is 13.2 Å². The maximum absolute atomic E-state index is 5.79. The molecule has 0 amide bonds. The van der Waals surface area contributed by atoms with Gasteiger partial charge in [0.1, 0.15) is 12.4 Å². The van der Waals surface area contributed by atoms with Crippen LogP contribution in [0, 0.1) is 12.8 Å². The highest BCUT2D eigenvalue weighted by Gasteiger charge is 2.16. The van der Waals surface area contributed by atoms with Gasteiger partial charge in [-0.25, -0.2) is 0 Å². The Morgan fingerprint density at radius 1 is 1.20 bits per heavy atom. The average molecular weight is 275 g/mol. The van der Waals surface area contributed by atoms with Gasteiger partial charge in [-0.2, -0.15) is 0 Å². The van der Waals surface area contributed by atoms with Gasteiger partial charge in [0.05, 0.1) is 0 Å². The van der Waals surface area contributed by atoms with E-state index < -0.39 is 0 Å². The SMILES string of the molecule is CCC1CCCC(NCCOc2cccc(C)c2)CC1. The first kappa shape index (κ1) is 15.4. The summed E-state index contributed by atoms with van der Waals surface area (Å²) in [6.45, 7) is 6.14. The fourth-order valence-corrected chi connectivity index (χ4v) is 3.13. The van der Waals surface area contributed by atoms with E-state index >= 15 is 0 Å². The molecule has 1 saturated carbocycles. The van der Waals surface area contributed by atoms with Gasteiger partial charge in [-0.05, 0) is 49.8 Å². The third-order valence-electron chi connectivity index (χ3n) is 4.46. The van der Waals surface area contributed by atoms with Gasteiger partial charge in [0.2, 0.25) is 0 Å². The van der Waals surface area contributed by atoms with Crippen LogP contribution in [0.3, 0.4) is 0 Å². The van der Waals surface area contributed by atoms with Crippen LogP contribution in [0.25, 0.3) is 0 Å². The zero-order valence-corrected chi connectivity index (χ0v) is 13.0.